The van der Waals surface area contributed by atoms with Crippen LogP contribution in [-0.2, 0) is 35.4 Å². The first-order valence-electron chi connectivity index (χ1n) is 8.45. The Hall–Kier alpha value is -2.62. The van der Waals surface area contributed by atoms with E-state index in [-0.39, 0.29) is 11.8 Å². The number of aryl methyl sites for hydroxylation is 1. The SMILES string of the molecule is O=C1CCc2cc(CC(=O)N3CCc4ccccc4C3)ccc2N1. The summed E-state index contributed by atoms with van der Waals surface area (Å²) in [5.74, 6) is 0.239. The van der Waals surface area contributed by atoms with Crippen LogP contribution in [0.5, 0.6) is 0 Å². The summed E-state index contributed by atoms with van der Waals surface area (Å²) in [6.45, 7) is 1.49. The molecule has 0 aromatic heterocycles. The Bertz CT molecular complexity index is 813. The van der Waals surface area contributed by atoms with Gasteiger partial charge >= 0.3 is 0 Å². The minimum atomic E-state index is 0.0679. The van der Waals surface area contributed by atoms with Gasteiger partial charge in [-0.3, -0.25) is 9.59 Å². The van der Waals surface area contributed by atoms with Crippen molar-refractivity contribution in [3.05, 3.63) is 64.7 Å². The third kappa shape index (κ3) is 2.92. The Morgan fingerprint density at radius 2 is 1.83 bits per heavy atom. The van der Waals surface area contributed by atoms with Crippen molar-refractivity contribution in [2.75, 3.05) is 11.9 Å². The topological polar surface area (TPSA) is 49.4 Å². The van der Waals surface area contributed by atoms with Gasteiger partial charge in [0.1, 0.15) is 0 Å². The third-order valence-corrected chi connectivity index (χ3v) is 4.90. The molecule has 2 heterocycles. The quantitative estimate of drug-likeness (QED) is 0.925. The first-order chi connectivity index (χ1) is 11.7. The maximum atomic E-state index is 12.7. The molecule has 1 N–H and O–H groups in total. The van der Waals surface area contributed by atoms with E-state index in [0.717, 1.165) is 36.2 Å². The summed E-state index contributed by atoms with van der Waals surface area (Å²) in [4.78, 5) is 26.0. The van der Waals surface area contributed by atoms with Gasteiger partial charge in [0.2, 0.25) is 11.8 Å². The fourth-order valence-corrected chi connectivity index (χ4v) is 3.54. The van der Waals surface area contributed by atoms with E-state index in [2.05, 4.69) is 29.6 Å². The molecule has 4 nitrogen and oxygen atoms in total. The van der Waals surface area contributed by atoms with Crippen LogP contribution < -0.4 is 5.32 Å². The Kier molecular flexibility index (Phi) is 3.81. The molecule has 0 atom stereocenters. The molecule has 0 radical (unpaired) electrons. The number of hydrogen-bond acceptors (Lipinski definition) is 2. The molecule has 122 valence electrons. The van der Waals surface area contributed by atoms with Gasteiger partial charge in [-0.25, -0.2) is 0 Å². The maximum Gasteiger partial charge on any atom is 0.227 e. The summed E-state index contributed by atoms with van der Waals surface area (Å²) in [6, 6.07) is 14.3. The smallest absolute Gasteiger partial charge is 0.227 e. The van der Waals surface area contributed by atoms with Crippen LogP contribution >= 0.6 is 0 Å². The van der Waals surface area contributed by atoms with E-state index in [0.29, 0.717) is 19.4 Å². The van der Waals surface area contributed by atoms with Crippen molar-refractivity contribution < 1.29 is 9.59 Å². The molecule has 0 bridgehead atoms. The maximum absolute atomic E-state index is 12.7. The van der Waals surface area contributed by atoms with Crippen LogP contribution in [0.4, 0.5) is 5.69 Å². The molecule has 0 aliphatic carbocycles. The molecule has 0 spiro atoms. The predicted octanol–water partition coefficient (Wildman–Crippen LogP) is 2.70. The van der Waals surface area contributed by atoms with E-state index >= 15 is 0 Å². The van der Waals surface area contributed by atoms with Crippen molar-refractivity contribution in [1.29, 1.82) is 0 Å². The van der Waals surface area contributed by atoms with Crippen molar-refractivity contribution in [1.82, 2.24) is 4.90 Å². The number of hydrogen-bond donors (Lipinski definition) is 1. The summed E-state index contributed by atoms with van der Waals surface area (Å²) in [6.07, 6.45) is 2.62. The highest BCUT2D eigenvalue weighted by Crippen LogP contribution is 2.24. The van der Waals surface area contributed by atoms with E-state index in [4.69, 9.17) is 0 Å². The molecule has 0 fully saturated rings. The van der Waals surface area contributed by atoms with Gasteiger partial charge in [-0.1, -0.05) is 36.4 Å². The Labute approximate surface area is 141 Å². The predicted molar refractivity (Wildman–Crippen MR) is 92.7 cm³/mol. The normalized spacial score (nSPS) is 16.2. The second-order valence-corrected chi connectivity index (χ2v) is 6.55. The molecule has 2 aliphatic heterocycles. The van der Waals surface area contributed by atoms with Crippen molar-refractivity contribution in [3.8, 4) is 0 Å². The first kappa shape index (κ1) is 14.9. The summed E-state index contributed by atoms with van der Waals surface area (Å²) < 4.78 is 0. The lowest BCUT2D eigenvalue weighted by Gasteiger charge is -2.29. The van der Waals surface area contributed by atoms with E-state index < -0.39 is 0 Å². The number of nitrogens with one attached hydrogen (secondary N) is 1. The molecule has 4 rings (SSSR count). The number of fused-ring (bicyclic) bond motifs is 2. The highest BCUT2D eigenvalue weighted by Gasteiger charge is 2.21. The minimum Gasteiger partial charge on any atom is -0.338 e. The van der Waals surface area contributed by atoms with Crippen LogP contribution in [0.3, 0.4) is 0 Å². The van der Waals surface area contributed by atoms with Gasteiger partial charge in [0.25, 0.3) is 0 Å². The van der Waals surface area contributed by atoms with Gasteiger partial charge in [0, 0.05) is 25.2 Å². The van der Waals surface area contributed by atoms with Crippen LogP contribution in [0.2, 0.25) is 0 Å². The fraction of sp³-hybridized carbons (Fsp3) is 0.300. The minimum absolute atomic E-state index is 0.0679. The summed E-state index contributed by atoms with van der Waals surface area (Å²) >= 11 is 0. The van der Waals surface area contributed by atoms with Crippen LogP contribution in [0, 0.1) is 0 Å². The first-order valence-corrected chi connectivity index (χ1v) is 8.45. The van der Waals surface area contributed by atoms with Crippen molar-refractivity contribution in [2.24, 2.45) is 0 Å². The molecule has 0 unspecified atom stereocenters. The molecule has 0 saturated carbocycles. The van der Waals surface area contributed by atoms with E-state index in [1.807, 2.05) is 23.1 Å². The van der Waals surface area contributed by atoms with Crippen molar-refractivity contribution in [2.45, 2.75) is 32.2 Å². The van der Waals surface area contributed by atoms with Gasteiger partial charge < -0.3 is 10.2 Å². The molecule has 2 aromatic carbocycles. The Morgan fingerprint density at radius 1 is 1.00 bits per heavy atom. The molecule has 0 saturated heterocycles. The van der Waals surface area contributed by atoms with Crippen LogP contribution in [0.1, 0.15) is 28.7 Å². The van der Waals surface area contributed by atoms with E-state index in [1.165, 1.54) is 11.1 Å². The molecule has 2 aliphatic rings. The van der Waals surface area contributed by atoms with E-state index in [9.17, 15) is 9.59 Å². The lowest BCUT2D eigenvalue weighted by atomic mass is 9.97. The number of amides is 2. The van der Waals surface area contributed by atoms with Crippen molar-refractivity contribution >= 4 is 17.5 Å². The van der Waals surface area contributed by atoms with Crippen LogP contribution in [-0.4, -0.2) is 23.3 Å². The second-order valence-electron chi connectivity index (χ2n) is 6.55. The van der Waals surface area contributed by atoms with Gasteiger partial charge in [0.05, 0.1) is 6.42 Å². The highest BCUT2D eigenvalue weighted by atomic mass is 16.2. The summed E-state index contributed by atoms with van der Waals surface area (Å²) in [7, 11) is 0. The lowest BCUT2D eigenvalue weighted by molar-refractivity contribution is -0.131. The van der Waals surface area contributed by atoms with Crippen molar-refractivity contribution in [3.63, 3.8) is 0 Å². The highest BCUT2D eigenvalue weighted by molar-refractivity contribution is 5.94. The lowest BCUT2D eigenvalue weighted by Crippen LogP contribution is -2.36. The van der Waals surface area contributed by atoms with Crippen LogP contribution in [0.25, 0.3) is 0 Å². The van der Waals surface area contributed by atoms with Gasteiger partial charge in [0.15, 0.2) is 0 Å². The number of carbonyl (C=O) groups excluding carboxylic acids is 2. The van der Waals surface area contributed by atoms with Crippen LogP contribution in [0.15, 0.2) is 42.5 Å². The molecule has 2 amide bonds. The third-order valence-electron chi connectivity index (χ3n) is 4.90. The number of carbonyl (C=O) groups is 2. The van der Waals surface area contributed by atoms with E-state index in [1.54, 1.807) is 0 Å². The number of anilines is 1. The number of benzene rings is 2. The molecule has 2 aromatic rings. The van der Waals surface area contributed by atoms with Gasteiger partial charge in [-0.05, 0) is 41.2 Å². The monoisotopic (exact) mass is 320 g/mol. The Balaban J connectivity index is 1.46. The molecular weight excluding hydrogens is 300 g/mol. The largest absolute Gasteiger partial charge is 0.338 e. The average molecular weight is 320 g/mol. The average Bonchev–Trinajstić information content (AvgIpc) is 2.61. The molecule has 24 heavy (non-hydrogen) atoms. The second kappa shape index (κ2) is 6.11. The Morgan fingerprint density at radius 3 is 2.71 bits per heavy atom. The number of rotatable bonds is 2. The summed E-state index contributed by atoms with van der Waals surface area (Å²) in [5, 5.41) is 2.88. The molecular formula is C20H20N2O2. The zero-order valence-corrected chi connectivity index (χ0v) is 13.5. The number of nitrogens with zero attached hydrogens (tertiary/aromatic N) is 1. The molecule has 4 heteroatoms. The summed E-state index contributed by atoms with van der Waals surface area (Å²) in [5.41, 5.74) is 5.64. The standard InChI is InChI=1S/C20H20N2O2/c23-19-8-6-16-11-14(5-7-18(16)21-19)12-20(24)22-10-9-15-3-1-2-4-17(15)13-22/h1-5,7,11H,6,8-10,12-13H2,(H,21,23). The van der Waals surface area contributed by atoms with Gasteiger partial charge in [-0.15, -0.1) is 0 Å². The van der Waals surface area contributed by atoms with Gasteiger partial charge in [-0.2, -0.15) is 0 Å². The fourth-order valence-electron chi connectivity index (χ4n) is 3.54. The zero-order valence-electron chi connectivity index (χ0n) is 13.5. The zero-order chi connectivity index (χ0) is 16.5.